The van der Waals surface area contributed by atoms with Crippen LogP contribution in [0, 0.1) is 58.7 Å². The van der Waals surface area contributed by atoms with Crippen LogP contribution in [0.25, 0.3) is 0 Å². The standard InChI is InChI=1S/C40H66O5SSi/c1-26-14-17-31(18-15-26)46(42,43)44-30-22-29-16-19-32-33(40(29,8)36(23-30)45-47(9)10)20-21-39(7)34(32)24-35(41)37(39)28(3)13-11-12-27(2)25-38(4,5)6/h14-18,27-28,30,32-37,41,47H,11-13,19-25H2,1-10H3/t27-,28-,30?,32-,33+,34+,35+,36?,37+,39+,40+/m1/s1. The van der Waals surface area contributed by atoms with Crippen molar-refractivity contribution >= 4 is 19.2 Å². The Balaban J connectivity index is 1.33. The van der Waals surface area contributed by atoms with Crippen LogP contribution in [0.3, 0.4) is 0 Å². The van der Waals surface area contributed by atoms with E-state index < -0.39 is 25.3 Å². The molecule has 266 valence electrons. The lowest BCUT2D eigenvalue weighted by Gasteiger charge is -2.60. The van der Waals surface area contributed by atoms with E-state index in [1.165, 1.54) is 31.3 Å². The van der Waals surface area contributed by atoms with Crippen LogP contribution < -0.4 is 0 Å². The topological polar surface area (TPSA) is 72.8 Å². The number of allylic oxidation sites excluding steroid dienone is 1. The molecule has 4 aliphatic rings. The average molecular weight is 687 g/mol. The summed E-state index contributed by atoms with van der Waals surface area (Å²) in [7, 11) is -5.29. The Bertz CT molecular complexity index is 1370. The number of aliphatic hydroxyl groups excluding tert-OH is 1. The van der Waals surface area contributed by atoms with Gasteiger partial charge in [-0.3, -0.25) is 4.18 Å². The summed E-state index contributed by atoms with van der Waals surface area (Å²) < 4.78 is 39.5. The molecule has 3 fully saturated rings. The second-order valence-electron chi connectivity index (χ2n) is 18.4. The Morgan fingerprint density at radius 2 is 1.72 bits per heavy atom. The van der Waals surface area contributed by atoms with E-state index in [4.69, 9.17) is 8.61 Å². The Hall–Kier alpha value is -0.993. The lowest BCUT2D eigenvalue weighted by Crippen LogP contribution is -2.57. The van der Waals surface area contributed by atoms with Gasteiger partial charge in [-0.15, -0.1) is 0 Å². The van der Waals surface area contributed by atoms with Crippen molar-refractivity contribution < 1.29 is 22.1 Å². The molecule has 4 aliphatic carbocycles. The van der Waals surface area contributed by atoms with E-state index in [0.717, 1.165) is 37.2 Å². The van der Waals surface area contributed by atoms with Crippen LogP contribution >= 0.6 is 0 Å². The molecule has 11 atom stereocenters. The van der Waals surface area contributed by atoms with E-state index >= 15 is 0 Å². The minimum Gasteiger partial charge on any atom is -0.417 e. The molecule has 0 heterocycles. The van der Waals surface area contributed by atoms with Gasteiger partial charge >= 0.3 is 0 Å². The zero-order chi connectivity index (χ0) is 34.5. The quantitative estimate of drug-likeness (QED) is 0.143. The van der Waals surface area contributed by atoms with Gasteiger partial charge in [0.15, 0.2) is 9.04 Å². The van der Waals surface area contributed by atoms with E-state index in [0.29, 0.717) is 47.8 Å². The van der Waals surface area contributed by atoms with Gasteiger partial charge in [-0.25, -0.2) is 0 Å². The van der Waals surface area contributed by atoms with Crippen molar-refractivity contribution in [3.63, 3.8) is 0 Å². The monoisotopic (exact) mass is 686 g/mol. The molecule has 3 saturated carbocycles. The second-order valence-corrected chi connectivity index (χ2v) is 22.3. The van der Waals surface area contributed by atoms with E-state index in [1.54, 1.807) is 12.1 Å². The van der Waals surface area contributed by atoms with Gasteiger partial charge in [-0.05, 0) is 117 Å². The molecule has 0 aliphatic heterocycles. The van der Waals surface area contributed by atoms with Crippen molar-refractivity contribution in [3.8, 4) is 0 Å². The summed E-state index contributed by atoms with van der Waals surface area (Å²) in [5.74, 6) is 3.13. The molecule has 0 radical (unpaired) electrons. The van der Waals surface area contributed by atoms with Gasteiger partial charge in [-0.2, -0.15) is 8.42 Å². The largest absolute Gasteiger partial charge is 0.417 e. The summed E-state index contributed by atoms with van der Waals surface area (Å²) in [4.78, 5) is 0.222. The Kier molecular flexibility index (Phi) is 11.1. The van der Waals surface area contributed by atoms with Crippen LogP contribution in [0.1, 0.15) is 118 Å². The molecule has 0 spiro atoms. The third-order valence-electron chi connectivity index (χ3n) is 13.2. The number of rotatable bonds is 11. The number of aryl methyl sites for hydroxylation is 1. The molecule has 1 N–H and O–H groups in total. The van der Waals surface area contributed by atoms with E-state index in [-0.39, 0.29) is 27.9 Å². The van der Waals surface area contributed by atoms with Gasteiger partial charge in [0.25, 0.3) is 10.1 Å². The van der Waals surface area contributed by atoms with Crippen molar-refractivity contribution in [2.45, 2.75) is 156 Å². The first-order chi connectivity index (χ1) is 21.8. The Morgan fingerprint density at radius 1 is 1.04 bits per heavy atom. The van der Waals surface area contributed by atoms with Crippen LogP contribution in [-0.4, -0.2) is 40.9 Å². The Morgan fingerprint density at radius 3 is 2.36 bits per heavy atom. The minimum absolute atomic E-state index is 0.0549. The van der Waals surface area contributed by atoms with Gasteiger partial charge in [0.1, 0.15) is 0 Å². The summed E-state index contributed by atoms with van der Waals surface area (Å²) >= 11 is 0. The highest BCUT2D eigenvalue weighted by Gasteiger charge is 2.63. The number of fused-ring (bicyclic) bond motifs is 5. The first-order valence-electron chi connectivity index (χ1n) is 18.9. The summed E-state index contributed by atoms with van der Waals surface area (Å²) in [5, 5.41) is 11.7. The molecule has 0 saturated heterocycles. The van der Waals surface area contributed by atoms with Gasteiger partial charge < -0.3 is 9.53 Å². The number of benzene rings is 1. The smallest absolute Gasteiger partial charge is 0.297 e. The third-order valence-corrected chi connectivity index (χ3v) is 15.4. The first-order valence-corrected chi connectivity index (χ1v) is 23.1. The predicted octanol–water partition coefficient (Wildman–Crippen LogP) is 9.48. The van der Waals surface area contributed by atoms with Crippen molar-refractivity contribution in [1.29, 1.82) is 0 Å². The molecule has 1 aromatic carbocycles. The van der Waals surface area contributed by atoms with E-state index in [9.17, 15) is 13.5 Å². The Labute approximate surface area is 289 Å². The van der Waals surface area contributed by atoms with Gasteiger partial charge in [0.05, 0.1) is 23.2 Å². The van der Waals surface area contributed by atoms with Crippen molar-refractivity contribution in [2.75, 3.05) is 0 Å². The maximum atomic E-state index is 13.3. The van der Waals surface area contributed by atoms with Crippen LogP contribution in [-0.2, 0) is 18.7 Å². The molecule has 7 heteroatoms. The maximum absolute atomic E-state index is 13.3. The molecule has 47 heavy (non-hydrogen) atoms. The molecule has 0 amide bonds. The fourth-order valence-electron chi connectivity index (χ4n) is 11.4. The van der Waals surface area contributed by atoms with Crippen molar-refractivity contribution in [2.24, 2.45) is 51.8 Å². The van der Waals surface area contributed by atoms with Gasteiger partial charge in [0, 0.05) is 11.8 Å². The first kappa shape index (κ1) is 37.3. The summed E-state index contributed by atoms with van der Waals surface area (Å²) in [6.45, 7) is 23.2. The molecular formula is C40H66O5SSi. The molecule has 5 rings (SSSR count). The minimum atomic E-state index is -3.87. The molecule has 5 nitrogen and oxygen atoms in total. The SMILES string of the molecule is Cc1ccc(S(=O)(=O)OC2CC3=CC[C@H]4[C@@H]5C[C@H](O)[C@H]([C@H](C)CCC[C@@H](C)CC(C)(C)C)[C@@]5(C)CC[C@@H]4[C@@]3(C)C(O[SiH](C)C)C2)cc1. The highest BCUT2D eigenvalue weighted by Crippen LogP contribution is 2.67. The maximum Gasteiger partial charge on any atom is 0.297 e. The normalized spacial score (nSPS) is 37.1. The highest BCUT2D eigenvalue weighted by atomic mass is 32.2. The highest BCUT2D eigenvalue weighted by molar-refractivity contribution is 7.86. The molecule has 0 aromatic heterocycles. The van der Waals surface area contributed by atoms with Gasteiger partial charge in [-0.1, -0.05) is 97.1 Å². The molecule has 1 aromatic rings. The number of hydrogen-bond acceptors (Lipinski definition) is 5. The van der Waals surface area contributed by atoms with Crippen LogP contribution in [0.4, 0.5) is 0 Å². The van der Waals surface area contributed by atoms with E-state index in [1.807, 2.05) is 19.1 Å². The summed E-state index contributed by atoms with van der Waals surface area (Å²) in [6, 6.07) is 6.94. The predicted molar refractivity (Wildman–Crippen MR) is 195 cm³/mol. The molecular weight excluding hydrogens is 621 g/mol. The summed E-state index contributed by atoms with van der Waals surface area (Å²) in [5.41, 5.74) is 2.77. The average Bonchev–Trinajstić information content (AvgIpc) is 3.22. The lowest BCUT2D eigenvalue weighted by atomic mass is 9.46. The van der Waals surface area contributed by atoms with Crippen molar-refractivity contribution in [1.82, 2.24) is 0 Å². The fourth-order valence-corrected chi connectivity index (χ4v) is 13.5. The third kappa shape index (κ3) is 7.70. The van der Waals surface area contributed by atoms with Crippen LogP contribution in [0.2, 0.25) is 13.1 Å². The lowest BCUT2D eigenvalue weighted by molar-refractivity contribution is -0.0993. The molecule has 2 unspecified atom stereocenters. The fraction of sp³-hybridized carbons (Fsp3) is 0.800. The number of hydrogen-bond donors (Lipinski definition) is 1. The zero-order valence-electron chi connectivity index (χ0n) is 31.2. The van der Waals surface area contributed by atoms with E-state index in [2.05, 4.69) is 67.6 Å². The van der Waals surface area contributed by atoms with Crippen molar-refractivity contribution in [3.05, 3.63) is 41.5 Å². The van der Waals surface area contributed by atoms with Gasteiger partial charge in [0.2, 0.25) is 0 Å². The summed E-state index contributed by atoms with van der Waals surface area (Å²) in [6.07, 6.45) is 12.2. The second kappa shape index (κ2) is 14.0. The molecule has 0 bridgehead atoms. The zero-order valence-corrected chi connectivity index (χ0v) is 33.2. The van der Waals surface area contributed by atoms with Crippen LogP contribution in [0.5, 0.6) is 0 Å². The van der Waals surface area contributed by atoms with Crippen LogP contribution in [0.15, 0.2) is 40.8 Å². The number of aliphatic hydroxyl groups is 1.